The molecular formula is C8H11NO4. The Morgan fingerprint density at radius 1 is 1.77 bits per heavy atom. The number of aliphatic hydroxyl groups is 1. The Hall–Kier alpha value is -1.36. The van der Waals surface area contributed by atoms with E-state index in [9.17, 15) is 15.2 Å². The van der Waals surface area contributed by atoms with Crippen molar-refractivity contribution in [3.05, 3.63) is 34.3 Å². The summed E-state index contributed by atoms with van der Waals surface area (Å²) in [6.45, 7) is 1.45. The second-order valence-electron chi connectivity index (χ2n) is 2.90. The van der Waals surface area contributed by atoms with Crippen molar-refractivity contribution in [3.8, 4) is 0 Å². The molecule has 0 aliphatic heterocycles. The molecule has 0 aliphatic carbocycles. The van der Waals surface area contributed by atoms with Crippen LogP contribution in [0, 0.1) is 10.1 Å². The van der Waals surface area contributed by atoms with Crippen LogP contribution in [0.3, 0.4) is 0 Å². The topological polar surface area (TPSA) is 76.5 Å². The van der Waals surface area contributed by atoms with Gasteiger partial charge in [-0.05, 0) is 12.1 Å². The van der Waals surface area contributed by atoms with Crippen molar-refractivity contribution in [2.45, 2.75) is 25.5 Å². The molecule has 0 amide bonds. The Bertz CT molecular complexity index is 270. The van der Waals surface area contributed by atoms with Crippen molar-refractivity contribution >= 4 is 0 Å². The Morgan fingerprint density at radius 2 is 2.46 bits per heavy atom. The lowest BCUT2D eigenvalue weighted by Crippen LogP contribution is -2.18. The van der Waals surface area contributed by atoms with E-state index < -0.39 is 17.1 Å². The average Bonchev–Trinajstić information content (AvgIpc) is 2.55. The van der Waals surface area contributed by atoms with Crippen LogP contribution in [0.2, 0.25) is 0 Å². The highest BCUT2D eigenvalue weighted by Crippen LogP contribution is 2.19. The van der Waals surface area contributed by atoms with Gasteiger partial charge in [-0.2, -0.15) is 0 Å². The van der Waals surface area contributed by atoms with Gasteiger partial charge >= 0.3 is 0 Å². The molecular weight excluding hydrogens is 174 g/mol. The molecule has 0 spiro atoms. The lowest BCUT2D eigenvalue weighted by Gasteiger charge is -2.08. The van der Waals surface area contributed by atoms with Gasteiger partial charge < -0.3 is 9.52 Å². The third-order valence-electron chi connectivity index (χ3n) is 1.80. The molecule has 5 heteroatoms. The predicted octanol–water partition coefficient (Wildman–Crippen LogP) is 1.37. The van der Waals surface area contributed by atoms with E-state index in [4.69, 9.17) is 4.42 Å². The smallest absolute Gasteiger partial charge is 0.213 e. The van der Waals surface area contributed by atoms with Crippen molar-refractivity contribution in [1.29, 1.82) is 0 Å². The molecule has 0 saturated carbocycles. The fraction of sp³-hybridized carbons (Fsp3) is 0.500. The Labute approximate surface area is 75.1 Å². The van der Waals surface area contributed by atoms with E-state index in [0.717, 1.165) is 0 Å². The van der Waals surface area contributed by atoms with Gasteiger partial charge in [0.1, 0.15) is 11.9 Å². The molecule has 1 aromatic rings. The summed E-state index contributed by atoms with van der Waals surface area (Å²) in [6.07, 6.45) is 0.603. The normalized spacial score (nSPS) is 15.2. The maximum atomic E-state index is 10.3. The van der Waals surface area contributed by atoms with E-state index in [0.29, 0.717) is 5.76 Å². The minimum atomic E-state index is -0.893. The van der Waals surface area contributed by atoms with Crippen molar-refractivity contribution in [3.63, 3.8) is 0 Å². The Balaban J connectivity index is 2.51. The van der Waals surface area contributed by atoms with Crippen molar-refractivity contribution in [1.82, 2.24) is 0 Å². The van der Waals surface area contributed by atoms with Crippen LogP contribution in [0.4, 0.5) is 0 Å². The number of hydrogen-bond donors (Lipinski definition) is 1. The third kappa shape index (κ3) is 2.55. The van der Waals surface area contributed by atoms with Crippen LogP contribution in [0.25, 0.3) is 0 Å². The molecule has 0 bridgehead atoms. The number of hydrogen-bond acceptors (Lipinski definition) is 4. The molecule has 1 heterocycles. The first-order valence-corrected chi connectivity index (χ1v) is 3.96. The standard InChI is InChI=1S/C8H11NO4/c1-6(9(11)12)5-7(10)8-3-2-4-13-8/h2-4,6-7,10H,5H2,1H3. The number of nitro groups is 1. The van der Waals surface area contributed by atoms with E-state index >= 15 is 0 Å². The van der Waals surface area contributed by atoms with Gasteiger partial charge in [-0.25, -0.2) is 0 Å². The fourth-order valence-electron chi connectivity index (χ4n) is 1.01. The fourth-order valence-corrected chi connectivity index (χ4v) is 1.01. The molecule has 0 saturated heterocycles. The van der Waals surface area contributed by atoms with Crippen LogP contribution < -0.4 is 0 Å². The van der Waals surface area contributed by atoms with E-state index in [1.165, 1.54) is 13.2 Å². The maximum absolute atomic E-state index is 10.3. The molecule has 1 aromatic heterocycles. The highest BCUT2D eigenvalue weighted by Gasteiger charge is 2.21. The zero-order valence-corrected chi connectivity index (χ0v) is 7.21. The number of aliphatic hydroxyl groups excluding tert-OH is 1. The first-order valence-electron chi connectivity index (χ1n) is 3.96. The first-order chi connectivity index (χ1) is 6.11. The summed E-state index contributed by atoms with van der Waals surface area (Å²) in [7, 11) is 0. The second kappa shape index (κ2) is 4.04. The first kappa shape index (κ1) is 9.73. The molecule has 1 rings (SSSR count). The highest BCUT2D eigenvalue weighted by atomic mass is 16.6. The molecule has 1 N–H and O–H groups in total. The van der Waals surface area contributed by atoms with Crippen LogP contribution >= 0.6 is 0 Å². The summed E-state index contributed by atoms with van der Waals surface area (Å²) in [6, 6.07) is 2.47. The second-order valence-corrected chi connectivity index (χ2v) is 2.90. The molecule has 0 aromatic carbocycles. The van der Waals surface area contributed by atoms with Crippen LogP contribution in [0.1, 0.15) is 25.2 Å². The van der Waals surface area contributed by atoms with Gasteiger partial charge in [0.25, 0.3) is 0 Å². The molecule has 5 nitrogen and oxygen atoms in total. The van der Waals surface area contributed by atoms with Crippen molar-refractivity contribution < 1.29 is 14.4 Å². The molecule has 72 valence electrons. The molecule has 2 atom stereocenters. The van der Waals surface area contributed by atoms with Crippen molar-refractivity contribution in [2.24, 2.45) is 0 Å². The van der Waals surface area contributed by atoms with Crippen LogP contribution in [0.5, 0.6) is 0 Å². The number of rotatable bonds is 4. The summed E-state index contributed by atoms with van der Waals surface area (Å²) in [5.74, 6) is 0.369. The van der Waals surface area contributed by atoms with Gasteiger partial charge in [0.15, 0.2) is 0 Å². The lowest BCUT2D eigenvalue weighted by molar-refractivity contribution is -0.520. The zero-order valence-electron chi connectivity index (χ0n) is 7.21. The summed E-state index contributed by atoms with van der Waals surface area (Å²) in [5.41, 5.74) is 0. The molecule has 0 aliphatic rings. The Morgan fingerprint density at radius 3 is 2.92 bits per heavy atom. The predicted molar refractivity (Wildman–Crippen MR) is 44.7 cm³/mol. The van der Waals surface area contributed by atoms with E-state index in [1.807, 2.05) is 0 Å². The maximum Gasteiger partial charge on any atom is 0.213 e. The summed E-state index contributed by atoms with van der Waals surface area (Å²) >= 11 is 0. The van der Waals surface area contributed by atoms with Gasteiger partial charge in [-0.1, -0.05) is 0 Å². The lowest BCUT2D eigenvalue weighted by atomic mass is 10.1. The zero-order chi connectivity index (χ0) is 9.84. The molecule has 13 heavy (non-hydrogen) atoms. The van der Waals surface area contributed by atoms with E-state index in [2.05, 4.69) is 0 Å². The SMILES string of the molecule is CC(CC(O)c1ccco1)[N+](=O)[O-]. The highest BCUT2D eigenvalue weighted by molar-refractivity contribution is 5.01. The van der Waals surface area contributed by atoms with Crippen molar-refractivity contribution in [2.75, 3.05) is 0 Å². The monoisotopic (exact) mass is 185 g/mol. The summed E-state index contributed by atoms with van der Waals surface area (Å²) in [4.78, 5) is 9.84. The number of nitrogens with zero attached hydrogens (tertiary/aromatic N) is 1. The minimum Gasteiger partial charge on any atom is -0.467 e. The number of furan rings is 1. The van der Waals surface area contributed by atoms with Gasteiger partial charge in [0, 0.05) is 18.3 Å². The van der Waals surface area contributed by atoms with E-state index in [-0.39, 0.29) is 6.42 Å². The molecule has 0 radical (unpaired) electrons. The van der Waals surface area contributed by atoms with Gasteiger partial charge in [-0.15, -0.1) is 0 Å². The van der Waals surface area contributed by atoms with Crippen LogP contribution in [-0.4, -0.2) is 16.1 Å². The molecule has 0 fully saturated rings. The van der Waals surface area contributed by atoms with Crippen LogP contribution in [-0.2, 0) is 0 Å². The average molecular weight is 185 g/mol. The van der Waals surface area contributed by atoms with Gasteiger partial charge in [0.2, 0.25) is 6.04 Å². The van der Waals surface area contributed by atoms with Crippen LogP contribution in [0.15, 0.2) is 22.8 Å². The summed E-state index contributed by atoms with van der Waals surface area (Å²) in [5, 5.41) is 19.7. The Kier molecular flexibility index (Phi) is 3.02. The van der Waals surface area contributed by atoms with E-state index in [1.54, 1.807) is 12.1 Å². The quantitative estimate of drug-likeness (QED) is 0.567. The minimum absolute atomic E-state index is 0.0700. The third-order valence-corrected chi connectivity index (χ3v) is 1.80. The van der Waals surface area contributed by atoms with Gasteiger partial charge in [0.05, 0.1) is 6.26 Å². The summed E-state index contributed by atoms with van der Waals surface area (Å²) < 4.78 is 4.90. The molecule has 2 unspecified atom stereocenters. The van der Waals surface area contributed by atoms with Gasteiger partial charge in [-0.3, -0.25) is 10.1 Å². The largest absolute Gasteiger partial charge is 0.467 e.